The molecule has 2 aliphatic rings. The minimum absolute atomic E-state index is 0.448. The molecule has 2 bridgehead atoms. The van der Waals surface area contributed by atoms with Crippen molar-refractivity contribution in [1.29, 1.82) is 0 Å². The fraction of sp³-hybridized carbons (Fsp3) is 0.786. The zero-order chi connectivity index (χ0) is 12.7. The van der Waals surface area contributed by atoms with Crippen molar-refractivity contribution in [3.05, 3.63) is 16.1 Å². The largest absolute Gasteiger partial charge is 0.327 e. The lowest BCUT2D eigenvalue weighted by atomic mass is 9.84. The first kappa shape index (κ1) is 12.6. The Kier molecular flexibility index (Phi) is 3.43. The molecule has 2 N–H and O–H groups in total. The van der Waals surface area contributed by atoms with Crippen LogP contribution in [-0.2, 0) is 6.54 Å². The van der Waals surface area contributed by atoms with Gasteiger partial charge in [0.1, 0.15) is 0 Å². The highest BCUT2D eigenvalue weighted by atomic mass is 32.1. The van der Waals surface area contributed by atoms with Crippen LogP contribution in [0.3, 0.4) is 0 Å². The van der Waals surface area contributed by atoms with Crippen LogP contribution in [0.2, 0.25) is 0 Å². The molecule has 3 nitrogen and oxygen atoms in total. The fourth-order valence-electron chi connectivity index (χ4n) is 3.91. The van der Waals surface area contributed by atoms with Crippen LogP contribution >= 0.6 is 11.3 Å². The summed E-state index contributed by atoms with van der Waals surface area (Å²) in [7, 11) is 2.20. The zero-order valence-corrected chi connectivity index (χ0v) is 12.1. The third-order valence-electron chi connectivity index (χ3n) is 4.78. The lowest BCUT2D eigenvalue weighted by Crippen LogP contribution is -2.41. The van der Waals surface area contributed by atoms with Gasteiger partial charge in [0.25, 0.3) is 0 Å². The van der Waals surface area contributed by atoms with Gasteiger partial charge in [0.15, 0.2) is 0 Å². The van der Waals surface area contributed by atoms with E-state index in [9.17, 15) is 0 Å². The first-order chi connectivity index (χ1) is 8.63. The lowest BCUT2D eigenvalue weighted by Gasteiger charge is -2.31. The Balaban J connectivity index is 1.56. The molecule has 0 spiro atoms. The number of thiazole rings is 1. The third kappa shape index (κ3) is 2.33. The Morgan fingerprint density at radius 3 is 2.83 bits per heavy atom. The van der Waals surface area contributed by atoms with Crippen molar-refractivity contribution in [2.45, 2.75) is 38.8 Å². The molecule has 1 aromatic rings. The minimum atomic E-state index is 0.448. The molecule has 4 atom stereocenters. The summed E-state index contributed by atoms with van der Waals surface area (Å²) >= 11 is 1.74. The number of rotatable bonds is 4. The molecule has 1 heterocycles. The smallest absolute Gasteiger partial charge is 0.0897 e. The molecule has 2 saturated carbocycles. The molecular formula is C14H23N3S. The molecule has 0 saturated heterocycles. The normalized spacial score (nSPS) is 34.7. The van der Waals surface area contributed by atoms with Gasteiger partial charge in [-0.15, -0.1) is 11.3 Å². The van der Waals surface area contributed by atoms with Gasteiger partial charge in [-0.2, -0.15) is 0 Å². The van der Waals surface area contributed by atoms with E-state index < -0.39 is 0 Å². The number of aromatic nitrogens is 1. The minimum Gasteiger partial charge on any atom is -0.327 e. The molecule has 4 heteroatoms. The Morgan fingerprint density at radius 2 is 2.22 bits per heavy atom. The maximum atomic E-state index is 6.37. The number of aryl methyl sites for hydroxylation is 1. The van der Waals surface area contributed by atoms with Crippen molar-refractivity contribution in [2.24, 2.45) is 23.5 Å². The van der Waals surface area contributed by atoms with E-state index in [1.807, 2.05) is 0 Å². The van der Waals surface area contributed by atoms with Gasteiger partial charge in [-0.25, -0.2) is 4.98 Å². The van der Waals surface area contributed by atoms with E-state index in [2.05, 4.69) is 29.2 Å². The van der Waals surface area contributed by atoms with E-state index >= 15 is 0 Å². The van der Waals surface area contributed by atoms with Crippen LogP contribution in [0.4, 0.5) is 0 Å². The summed E-state index contributed by atoms with van der Waals surface area (Å²) in [5, 5.41) is 3.34. The van der Waals surface area contributed by atoms with E-state index in [1.165, 1.54) is 25.0 Å². The van der Waals surface area contributed by atoms with Gasteiger partial charge in [0.05, 0.1) is 10.7 Å². The van der Waals surface area contributed by atoms with Gasteiger partial charge in [0.2, 0.25) is 0 Å². The molecule has 0 amide bonds. The van der Waals surface area contributed by atoms with Crippen molar-refractivity contribution in [3.63, 3.8) is 0 Å². The van der Waals surface area contributed by atoms with Crippen molar-refractivity contribution in [1.82, 2.24) is 9.88 Å². The zero-order valence-electron chi connectivity index (χ0n) is 11.3. The van der Waals surface area contributed by atoms with Crippen LogP contribution in [0.25, 0.3) is 0 Å². The lowest BCUT2D eigenvalue weighted by molar-refractivity contribution is 0.193. The second kappa shape index (κ2) is 4.91. The van der Waals surface area contributed by atoms with E-state index in [0.717, 1.165) is 29.9 Å². The molecule has 0 radical (unpaired) electrons. The van der Waals surface area contributed by atoms with E-state index in [-0.39, 0.29) is 0 Å². The van der Waals surface area contributed by atoms with Crippen molar-refractivity contribution in [3.8, 4) is 0 Å². The molecule has 2 fully saturated rings. The number of nitrogens with zero attached hydrogens (tertiary/aromatic N) is 2. The molecule has 100 valence electrons. The molecule has 18 heavy (non-hydrogen) atoms. The molecule has 0 aliphatic heterocycles. The van der Waals surface area contributed by atoms with Crippen LogP contribution in [0.15, 0.2) is 5.38 Å². The average molecular weight is 265 g/mol. The number of hydrogen-bond acceptors (Lipinski definition) is 4. The summed E-state index contributed by atoms with van der Waals surface area (Å²) in [4.78, 5) is 6.94. The van der Waals surface area contributed by atoms with E-state index in [1.54, 1.807) is 11.3 Å². The van der Waals surface area contributed by atoms with Crippen molar-refractivity contribution >= 4 is 11.3 Å². The molecule has 4 unspecified atom stereocenters. The summed E-state index contributed by atoms with van der Waals surface area (Å²) in [6, 6.07) is 0.448. The maximum absolute atomic E-state index is 6.37. The summed E-state index contributed by atoms with van der Waals surface area (Å²) in [5.41, 5.74) is 7.58. The predicted octanol–water partition coefficient (Wildman–Crippen LogP) is 2.26. The van der Waals surface area contributed by atoms with Gasteiger partial charge in [0, 0.05) is 24.5 Å². The van der Waals surface area contributed by atoms with Gasteiger partial charge < -0.3 is 10.6 Å². The molecule has 2 aliphatic carbocycles. The average Bonchev–Trinajstić information content (AvgIpc) is 2.99. The highest BCUT2D eigenvalue weighted by Gasteiger charge is 2.45. The summed E-state index contributed by atoms with van der Waals surface area (Å²) in [5.74, 6) is 2.42. The second-order valence-corrected chi connectivity index (χ2v) is 7.19. The van der Waals surface area contributed by atoms with Crippen molar-refractivity contribution < 1.29 is 0 Å². The highest BCUT2D eigenvalue weighted by molar-refractivity contribution is 7.09. The predicted molar refractivity (Wildman–Crippen MR) is 75.5 cm³/mol. The van der Waals surface area contributed by atoms with E-state index in [4.69, 9.17) is 5.73 Å². The van der Waals surface area contributed by atoms with Crippen molar-refractivity contribution in [2.75, 3.05) is 13.6 Å². The summed E-state index contributed by atoms with van der Waals surface area (Å²) < 4.78 is 0. The molecule has 0 aromatic carbocycles. The third-order valence-corrected chi connectivity index (χ3v) is 5.60. The van der Waals surface area contributed by atoms with Gasteiger partial charge >= 0.3 is 0 Å². The number of fused-ring (bicyclic) bond motifs is 2. The van der Waals surface area contributed by atoms with E-state index in [0.29, 0.717) is 12.0 Å². The Bertz CT molecular complexity index is 415. The Hall–Kier alpha value is -0.450. The summed E-state index contributed by atoms with van der Waals surface area (Å²) in [6.07, 6.45) is 4.17. The van der Waals surface area contributed by atoms with Crippen LogP contribution in [0, 0.1) is 24.7 Å². The van der Waals surface area contributed by atoms with Gasteiger partial charge in [-0.05, 0) is 51.0 Å². The standard InChI is InChI=1S/C14H23N3S/c1-9-16-12(8-18-9)6-17(2)7-13-10-3-4-11(5-10)14(13)15/h8,10-11,13-14H,3-7,15H2,1-2H3. The maximum Gasteiger partial charge on any atom is 0.0897 e. The number of nitrogens with two attached hydrogens (primary N) is 1. The van der Waals surface area contributed by atoms with Crippen LogP contribution in [0.5, 0.6) is 0 Å². The molecule has 1 aromatic heterocycles. The topological polar surface area (TPSA) is 42.2 Å². The van der Waals surface area contributed by atoms with Gasteiger partial charge in [-0.1, -0.05) is 0 Å². The van der Waals surface area contributed by atoms with Crippen LogP contribution in [-0.4, -0.2) is 29.5 Å². The quantitative estimate of drug-likeness (QED) is 0.908. The fourth-order valence-corrected chi connectivity index (χ4v) is 4.51. The second-order valence-electron chi connectivity index (χ2n) is 6.13. The van der Waals surface area contributed by atoms with Gasteiger partial charge in [-0.3, -0.25) is 0 Å². The highest BCUT2D eigenvalue weighted by Crippen LogP contribution is 2.47. The Labute approximate surface area is 113 Å². The molecule has 3 rings (SSSR count). The summed E-state index contributed by atoms with van der Waals surface area (Å²) in [6.45, 7) is 4.17. The Morgan fingerprint density at radius 1 is 1.44 bits per heavy atom. The molecular weight excluding hydrogens is 242 g/mol. The van der Waals surface area contributed by atoms with Crippen LogP contribution in [0.1, 0.15) is 30.0 Å². The first-order valence-electron chi connectivity index (χ1n) is 6.98. The monoisotopic (exact) mass is 265 g/mol. The number of hydrogen-bond donors (Lipinski definition) is 1. The SMILES string of the molecule is Cc1nc(CN(C)CC2C3CCC(C3)C2N)cs1. The van der Waals surface area contributed by atoms with Crippen LogP contribution < -0.4 is 5.73 Å². The first-order valence-corrected chi connectivity index (χ1v) is 7.86.